The summed E-state index contributed by atoms with van der Waals surface area (Å²) in [6.07, 6.45) is 1.71. The quantitative estimate of drug-likeness (QED) is 0.830. The molecule has 8 heteroatoms. The number of carbonyl (C=O) groups is 1. The molecule has 6 nitrogen and oxygen atoms in total. The van der Waals surface area contributed by atoms with E-state index in [-0.39, 0.29) is 17.1 Å². The van der Waals surface area contributed by atoms with Crippen LogP contribution >= 0.6 is 11.3 Å². The second-order valence-electron chi connectivity index (χ2n) is 5.83. The van der Waals surface area contributed by atoms with Crippen molar-refractivity contribution in [2.24, 2.45) is 5.41 Å². The molecule has 2 aliphatic rings. The van der Waals surface area contributed by atoms with Crippen molar-refractivity contribution in [1.29, 1.82) is 0 Å². The second kappa shape index (κ2) is 5.33. The second-order valence-corrected chi connectivity index (χ2v) is 8.81. The molecule has 116 valence electrons. The van der Waals surface area contributed by atoms with Gasteiger partial charge in [-0.05, 0) is 19.8 Å². The Balaban J connectivity index is 1.69. The summed E-state index contributed by atoms with van der Waals surface area (Å²) in [5.41, 5.74) is 2.09. The highest BCUT2D eigenvalue weighted by Gasteiger charge is 2.47. The molecule has 0 aromatic carbocycles. The lowest BCUT2D eigenvalue weighted by molar-refractivity contribution is 0.0770. The highest BCUT2D eigenvalue weighted by Crippen LogP contribution is 2.40. The Kier molecular flexibility index (Phi) is 3.79. The maximum absolute atomic E-state index is 12.3. The number of likely N-dealkylation sites (tertiary alicyclic amines) is 1. The van der Waals surface area contributed by atoms with Crippen molar-refractivity contribution < 1.29 is 13.2 Å². The number of amides is 1. The standard InChI is InChI=1S/C13H19N3O3S2/c1-2-21(18,19)16-6-4-13(9-16)3-5-15(8-13)12(17)11-7-20-10-14-11/h7,10H,2-6,8-9H2,1H3. The van der Waals surface area contributed by atoms with E-state index in [0.29, 0.717) is 31.9 Å². The molecule has 1 amide bonds. The Labute approximate surface area is 128 Å². The van der Waals surface area contributed by atoms with E-state index in [1.54, 1.807) is 22.1 Å². The zero-order chi connectivity index (χ0) is 15.1. The molecule has 0 aliphatic carbocycles. The van der Waals surface area contributed by atoms with Crippen molar-refractivity contribution in [2.75, 3.05) is 31.9 Å². The van der Waals surface area contributed by atoms with Crippen molar-refractivity contribution in [1.82, 2.24) is 14.2 Å². The first-order chi connectivity index (χ1) is 9.96. The number of hydrogen-bond donors (Lipinski definition) is 0. The van der Waals surface area contributed by atoms with Gasteiger partial charge in [0, 0.05) is 37.0 Å². The molecule has 3 rings (SSSR count). The third kappa shape index (κ3) is 2.72. The van der Waals surface area contributed by atoms with Gasteiger partial charge in [0.25, 0.3) is 5.91 Å². The van der Waals surface area contributed by atoms with Crippen molar-refractivity contribution in [3.63, 3.8) is 0 Å². The van der Waals surface area contributed by atoms with Gasteiger partial charge in [0.2, 0.25) is 10.0 Å². The van der Waals surface area contributed by atoms with Crippen molar-refractivity contribution in [2.45, 2.75) is 19.8 Å². The van der Waals surface area contributed by atoms with E-state index in [0.717, 1.165) is 12.8 Å². The normalized spacial score (nSPS) is 26.8. The summed E-state index contributed by atoms with van der Waals surface area (Å²) in [5.74, 6) is 0.106. The van der Waals surface area contributed by atoms with Crippen LogP contribution in [-0.4, -0.2) is 60.4 Å². The number of hydrogen-bond acceptors (Lipinski definition) is 5. The summed E-state index contributed by atoms with van der Waals surface area (Å²) in [7, 11) is -3.12. The van der Waals surface area contributed by atoms with E-state index in [9.17, 15) is 13.2 Å². The molecule has 2 saturated heterocycles. The van der Waals surface area contributed by atoms with Crippen LogP contribution in [0.1, 0.15) is 30.3 Å². The molecule has 1 atom stereocenters. The lowest BCUT2D eigenvalue weighted by atomic mass is 9.86. The van der Waals surface area contributed by atoms with E-state index in [1.807, 2.05) is 4.90 Å². The lowest BCUT2D eigenvalue weighted by Gasteiger charge is -2.24. The molecular weight excluding hydrogens is 310 g/mol. The van der Waals surface area contributed by atoms with Crippen LogP contribution < -0.4 is 0 Å². The van der Waals surface area contributed by atoms with Crippen molar-refractivity contribution in [3.8, 4) is 0 Å². The minimum Gasteiger partial charge on any atom is -0.337 e. The summed E-state index contributed by atoms with van der Waals surface area (Å²) in [4.78, 5) is 18.2. The zero-order valence-corrected chi connectivity index (χ0v) is 13.6. The van der Waals surface area contributed by atoms with E-state index < -0.39 is 10.0 Å². The van der Waals surface area contributed by atoms with Crippen molar-refractivity contribution in [3.05, 3.63) is 16.6 Å². The molecule has 2 fully saturated rings. The molecule has 1 aromatic heterocycles. The average Bonchev–Trinajstić information content (AvgIpc) is 3.20. The van der Waals surface area contributed by atoms with Gasteiger partial charge in [-0.15, -0.1) is 11.3 Å². The SMILES string of the molecule is CCS(=O)(=O)N1CCC2(CCN(C(=O)c3cscn3)C2)C1. The van der Waals surface area contributed by atoms with Gasteiger partial charge in [-0.25, -0.2) is 17.7 Å². The summed E-state index contributed by atoms with van der Waals surface area (Å²) in [5, 5.41) is 1.76. The number of aromatic nitrogens is 1. The molecule has 1 unspecified atom stereocenters. The van der Waals surface area contributed by atoms with E-state index in [1.165, 1.54) is 11.3 Å². The van der Waals surface area contributed by atoms with Crippen LogP contribution in [0.25, 0.3) is 0 Å². The first-order valence-corrected chi connectivity index (χ1v) is 9.66. The molecule has 1 aromatic rings. The van der Waals surface area contributed by atoms with E-state index in [2.05, 4.69) is 4.98 Å². The molecule has 0 saturated carbocycles. The highest BCUT2D eigenvalue weighted by molar-refractivity contribution is 7.89. The topological polar surface area (TPSA) is 70.6 Å². The number of carbonyl (C=O) groups excluding carboxylic acids is 1. The maximum Gasteiger partial charge on any atom is 0.273 e. The smallest absolute Gasteiger partial charge is 0.273 e. The fraction of sp³-hybridized carbons (Fsp3) is 0.692. The third-order valence-electron chi connectivity index (χ3n) is 4.54. The predicted molar refractivity (Wildman–Crippen MR) is 80.7 cm³/mol. The molecule has 3 heterocycles. The van der Waals surface area contributed by atoms with Crippen LogP contribution in [0.2, 0.25) is 0 Å². The Morgan fingerprint density at radius 3 is 2.81 bits per heavy atom. The monoisotopic (exact) mass is 329 g/mol. The van der Waals surface area contributed by atoms with Crippen LogP contribution in [0, 0.1) is 5.41 Å². The summed E-state index contributed by atoms with van der Waals surface area (Å²) in [6, 6.07) is 0. The Morgan fingerprint density at radius 1 is 1.38 bits per heavy atom. The van der Waals surface area contributed by atoms with Crippen LogP contribution in [-0.2, 0) is 10.0 Å². The number of sulfonamides is 1. The lowest BCUT2D eigenvalue weighted by Crippen LogP contribution is -2.36. The fourth-order valence-corrected chi connectivity index (χ4v) is 4.97. The molecule has 1 spiro atoms. The molecular formula is C13H19N3O3S2. The summed E-state index contributed by atoms with van der Waals surface area (Å²) >= 11 is 1.41. The van der Waals surface area contributed by atoms with Crippen LogP contribution in [0.5, 0.6) is 0 Å². The molecule has 0 N–H and O–H groups in total. The van der Waals surface area contributed by atoms with Gasteiger partial charge in [0.05, 0.1) is 11.3 Å². The Morgan fingerprint density at radius 2 is 2.14 bits per heavy atom. The predicted octanol–water partition coefficient (Wildman–Crippen LogP) is 1.03. The zero-order valence-electron chi connectivity index (χ0n) is 12.0. The van der Waals surface area contributed by atoms with Gasteiger partial charge in [0.1, 0.15) is 5.69 Å². The van der Waals surface area contributed by atoms with Gasteiger partial charge in [-0.2, -0.15) is 0 Å². The van der Waals surface area contributed by atoms with Gasteiger partial charge >= 0.3 is 0 Å². The van der Waals surface area contributed by atoms with Crippen LogP contribution in [0.4, 0.5) is 0 Å². The van der Waals surface area contributed by atoms with Gasteiger partial charge in [0.15, 0.2) is 0 Å². The summed E-state index contributed by atoms with van der Waals surface area (Å²) < 4.78 is 25.5. The Bertz CT molecular complexity index is 629. The average molecular weight is 329 g/mol. The largest absolute Gasteiger partial charge is 0.337 e. The maximum atomic E-state index is 12.3. The fourth-order valence-electron chi connectivity index (χ4n) is 3.24. The van der Waals surface area contributed by atoms with Crippen LogP contribution in [0.3, 0.4) is 0 Å². The molecule has 0 bridgehead atoms. The molecule has 21 heavy (non-hydrogen) atoms. The highest BCUT2D eigenvalue weighted by atomic mass is 32.2. The Hall–Kier alpha value is -0.990. The van der Waals surface area contributed by atoms with E-state index in [4.69, 9.17) is 0 Å². The summed E-state index contributed by atoms with van der Waals surface area (Å²) in [6.45, 7) is 4.13. The minimum atomic E-state index is -3.12. The first kappa shape index (κ1) is 14.9. The van der Waals surface area contributed by atoms with Crippen molar-refractivity contribution >= 4 is 27.3 Å². The first-order valence-electron chi connectivity index (χ1n) is 7.11. The van der Waals surface area contributed by atoms with E-state index >= 15 is 0 Å². The van der Waals surface area contributed by atoms with Gasteiger partial charge in [-0.3, -0.25) is 4.79 Å². The number of nitrogens with zero attached hydrogens (tertiary/aromatic N) is 3. The van der Waals surface area contributed by atoms with Gasteiger partial charge in [-0.1, -0.05) is 0 Å². The molecule has 0 radical (unpaired) electrons. The minimum absolute atomic E-state index is 0.0371. The van der Waals surface area contributed by atoms with Crippen LogP contribution in [0.15, 0.2) is 10.9 Å². The van der Waals surface area contributed by atoms with Gasteiger partial charge < -0.3 is 4.90 Å². The third-order valence-corrected chi connectivity index (χ3v) is 6.95. The number of rotatable bonds is 3. The number of thiazole rings is 1. The molecule has 2 aliphatic heterocycles.